The number of benzene rings is 3. The summed E-state index contributed by atoms with van der Waals surface area (Å²) in [5.41, 5.74) is 4.21. The molecule has 0 bridgehead atoms. The van der Waals surface area contributed by atoms with Crippen molar-refractivity contribution in [3.8, 4) is 16.9 Å². The zero-order chi connectivity index (χ0) is 23.8. The van der Waals surface area contributed by atoms with E-state index in [1.54, 1.807) is 6.07 Å². The molecule has 0 saturated carbocycles. The second-order valence-corrected chi connectivity index (χ2v) is 7.94. The predicted molar refractivity (Wildman–Crippen MR) is 114 cm³/mol. The second-order valence-electron chi connectivity index (χ2n) is 7.94. The second kappa shape index (κ2) is 8.96. The summed E-state index contributed by atoms with van der Waals surface area (Å²) < 4.78 is 84.0. The minimum Gasteiger partial charge on any atom is -0.399 e. The highest BCUT2D eigenvalue weighted by atomic mass is 19.4. The van der Waals surface area contributed by atoms with E-state index in [0.29, 0.717) is 30.5 Å². The first-order valence-electron chi connectivity index (χ1n) is 10.5. The smallest absolute Gasteiger partial charge is 0.399 e. The molecule has 0 radical (unpaired) electrons. The number of alkyl halides is 3. The van der Waals surface area contributed by atoms with Crippen LogP contribution in [0.3, 0.4) is 0 Å². The van der Waals surface area contributed by atoms with Gasteiger partial charge in [0.25, 0.3) is 0 Å². The maximum absolute atomic E-state index is 15.3. The van der Waals surface area contributed by atoms with Crippen molar-refractivity contribution in [2.24, 2.45) is 0 Å². The molecule has 3 aromatic carbocycles. The molecule has 0 aromatic heterocycles. The van der Waals surface area contributed by atoms with Crippen LogP contribution in [0.5, 0.6) is 5.75 Å². The van der Waals surface area contributed by atoms with Gasteiger partial charge in [0.15, 0.2) is 11.6 Å². The summed E-state index contributed by atoms with van der Waals surface area (Å²) in [7, 11) is 0. The van der Waals surface area contributed by atoms with Crippen molar-refractivity contribution in [3.63, 3.8) is 0 Å². The Morgan fingerprint density at radius 1 is 0.879 bits per heavy atom. The van der Waals surface area contributed by atoms with Gasteiger partial charge < -0.3 is 4.74 Å². The van der Waals surface area contributed by atoms with Crippen molar-refractivity contribution in [1.82, 2.24) is 0 Å². The van der Waals surface area contributed by atoms with Crippen LogP contribution in [0.1, 0.15) is 35.6 Å². The number of halogens is 6. The van der Waals surface area contributed by atoms with Gasteiger partial charge in [0.2, 0.25) is 5.75 Å². The van der Waals surface area contributed by atoms with Crippen molar-refractivity contribution in [1.29, 1.82) is 0 Å². The molecule has 7 heteroatoms. The van der Waals surface area contributed by atoms with E-state index in [4.69, 9.17) is 0 Å². The minimum absolute atomic E-state index is 0.0918. The van der Waals surface area contributed by atoms with E-state index < -0.39 is 29.6 Å². The lowest BCUT2D eigenvalue weighted by atomic mass is 9.85. The van der Waals surface area contributed by atoms with Crippen LogP contribution in [-0.2, 0) is 19.3 Å². The molecule has 0 heterocycles. The molecule has 0 atom stereocenters. The number of aryl methyl sites for hydroxylation is 1. The van der Waals surface area contributed by atoms with Crippen LogP contribution >= 0.6 is 0 Å². The third kappa shape index (κ3) is 4.92. The maximum Gasteiger partial charge on any atom is 0.573 e. The molecule has 0 spiro atoms. The zero-order valence-corrected chi connectivity index (χ0v) is 17.7. The first-order valence-corrected chi connectivity index (χ1v) is 10.5. The van der Waals surface area contributed by atoms with Crippen molar-refractivity contribution in [3.05, 3.63) is 94.3 Å². The average molecular weight is 462 g/mol. The molecule has 0 N–H and O–H groups in total. The van der Waals surface area contributed by atoms with Gasteiger partial charge in [0.05, 0.1) is 0 Å². The van der Waals surface area contributed by atoms with Gasteiger partial charge in [-0.25, -0.2) is 13.2 Å². The van der Waals surface area contributed by atoms with Gasteiger partial charge in [-0.05, 0) is 64.8 Å². The lowest BCUT2D eigenvalue weighted by Gasteiger charge is -2.20. The number of ether oxygens (including phenoxy) is 1. The van der Waals surface area contributed by atoms with Crippen LogP contribution < -0.4 is 4.74 Å². The fourth-order valence-corrected chi connectivity index (χ4v) is 4.10. The van der Waals surface area contributed by atoms with E-state index in [-0.39, 0.29) is 11.1 Å². The Morgan fingerprint density at radius 2 is 1.55 bits per heavy atom. The Balaban J connectivity index is 1.62. The standard InChI is InChI=1S/C26H20F6O/c1-2-3-15-4-6-16(7-5-15)17-8-10-20-18(12-17)9-11-21(24(20)29)19-13-22(27)25(23(28)14-19)33-26(30,31)32/h4-9,11,13-14H,2-3,10,12H2,1H3. The quantitative estimate of drug-likeness (QED) is 0.352. The number of allylic oxidation sites excluding steroid dienone is 2. The minimum atomic E-state index is -5.25. The van der Waals surface area contributed by atoms with Gasteiger partial charge >= 0.3 is 6.36 Å². The third-order valence-electron chi connectivity index (χ3n) is 5.66. The molecule has 172 valence electrons. The number of fused-ring (bicyclic) bond motifs is 1. The van der Waals surface area contributed by atoms with Gasteiger partial charge in [-0.3, -0.25) is 0 Å². The van der Waals surface area contributed by atoms with Crippen molar-refractivity contribution < 1.29 is 31.1 Å². The van der Waals surface area contributed by atoms with Crippen LogP contribution in [0.25, 0.3) is 16.7 Å². The van der Waals surface area contributed by atoms with Crippen LogP contribution in [0, 0.1) is 17.5 Å². The highest BCUT2D eigenvalue weighted by Crippen LogP contribution is 2.37. The monoisotopic (exact) mass is 462 g/mol. The summed E-state index contributed by atoms with van der Waals surface area (Å²) in [4.78, 5) is 0. The normalized spacial score (nSPS) is 13.5. The lowest BCUT2D eigenvalue weighted by Crippen LogP contribution is -2.19. The summed E-state index contributed by atoms with van der Waals surface area (Å²) >= 11 is 0. The van der Waals surface area contributed by atoms with E-state index in [0.717, 1.165) is 29.5 Å². The van der Waals surface area contributed by atoms with Gasteiger partial charge in [-0.1, -0.05) is 55.8 Å². The molecule has 1 aliphatic carbocycles. The Morgan fingerprint density at radius 3 is 2.15 bits per heavy atom. The van der Waals surface area contributed by atoms with Gasteiger partial charge in [-0.2, -0.15) is 0 Å². The van der Waals surface area contributed by atoms with Crippen LogP contribution in [-0.4, -0.2) is 6.36 Å². The van der Waals surface area contributed by atoms with Crippen LogP contribution in [0.2, 0.25) is 0 Å². The molecule has 4 rings (SSSR count). The summed E-state index contributed by atoms with van der Waals surface area (Å²) in [6, 6.07) is 12.6. The summed E-state index contributed by atoms with van der Waals surface area (Å²) in [5, 5.41) is 0. The number of rotatable bonds is 5. The third-order valence-corrected chi connectivity index (χ3v) is 5.66. The number of hydrogen-bond donors (Lipinski definition) is 0. The molecule has 1 nitrogen and oxygen atoms in total. The molecule has 1 aliphatic rings. The summed E-state index contributed by atoms with van der Waals surface area (Å²) in [5.74, 6) is -5.34. The molecule has 0 unspecified atom stereocenters. The van der Waals surface area contributed by atoms with Crippen molar-refractivity contribution in [2.45, 2.75) is 39.0 Å². The van der Waals surface area contributed by atoms with E-state index >= 15 is 4.39 Å². The highest BCUT2D eigenvalue weighted by Gasteiger charge is 2.34. The molecule has 0 saturated heterocycles. The lowest BCUT2D eigenvalue weighted by molar-refractivity contribution is -0.276. The Kier molecular flexibility index (Phi) is 6.23. The molecule has 0 fully saturated rings. The predicted octanol–water partition coefficient (Wildman–Crippen LogP) is 7.80. The summed E-state index contributed by atoms with van der Waals surface area (Å²) in [6.45, 7) is 2.12. The fourth-order valence-electron chi connectivity index (χ4n) is 4.10. The maximum atomic E-state index is 15.3. The SMILES string of the molecule is CCCc1ccc(C2=CCc3c(ccc(-c4cc(F)c(OC(F)(F)F)c(F)c4)c3F)C2)cc1. The van der Waals surface area contributed by atoms with Crippen LogP contribution in [0.15, 0.2) is 54.6 Å². The van der Waals surface area contributed by atoms with E-state index in [1.165, 1.54) is 11.6 Å². The van der Waals surface area contributed by atoms with Gasteiger partial charge in [0, 0.05) is 5.56 Å². The molecule has 3 aromatic rings. The van der Waals surface area contributed by atoms with Crippen molar-refractivity contribution in [2.75, 3.05) is 0 Å². The number of hydrogen-bond acceptors (Lipinski definition) is 1. The van der Waals surface area contributed by atoms with Gasteiger partial charge in [-0.15, -0.1) is 13.2 Å². The molecular formula is C26H20F6O. The topological polar surface area (TPSA) is 9.23 Å². The zero-order valence-electron chi connectivity index (χ0n) is 17.7. The van der Waals surface area contributed by atoms with Gasteiger partial charge in [0.1, 0.15) is 5.82 Å². The Bertz CT molecular complexity index is 1190. The van der Waals surface area contributed by atoms with Crippen LogP contribution in [0.4, 0.5) is 26.3 Å². The molecule has 0 amide bonds. The first-order chi connectivity index (χ1) is 15.7. The summed E-state index contributed by atoms with van der Waals surface area (Å²) in [6.07, 6.45) is -0.475. The average Bonchev–Trinajstić information content (AvgIpc) is 2.76. The largest absolute Gasteiger partial charge is 0.573 e. The van der Waals surface area contributed by atoms with Crippen molar-refractivity contribution >= 4 is 5.57 Å². The molecular weight excluding hydrogens is 442 g/mol. The van der Waals surface area contributed by atoms with E-state index in [9.17, 15) is 22.0 Å². The fraction of sp³-hybridized carbons (Fsp3) is 0.231. The van der Waals surface area contributed by atoms with E-state index in [1.807, 2.05) is 18.2 Å². The molecule has 0 aliphatic heterocycles. The molecule has 33 heavy (non-hydrogen) atoms. The highest BCUT2D eigenvalue weighted by molar-refractivity contribution is 5.73. The Hall–Kier alpha value is -3.22. The first kappa shape index (κ1) is 23.0. The Labute approximate surface area is 187 Å². The van der Waals surface area contributed by atoms with E-state index in [2.05, 4.69) is 23.8 Å².